The Morgan fingerprint density at radius 2 is 1.67 bits per heavy atom. The molecule has 8 heteroatoms. The molecule has 0 aromatic heterocycles. The van der Waals surface area contributed by atoms with E-state index in [4.69, 9.17) is 0 Å². The summed E-state index contributed by atoms with van der Waals surface area (Å²) in [4.78, 5) is 24.1. The molecule has 27 heavy (non-hydrogen) atoms. The normalized spacial score (nSPS) is 11.2. The van der Waals surface area contributed by atoms with Crippen LogP contribution in [0.3, 0.4) is 0 Å². The Kier molecular flexibility index (Phi) is 7.09. The van der Waals surface area contributed by atoms with Crippen LogP contribution in [0.15, 0.2) is 59.5 Å². The lowest BCUT2D eigenvalue weighted by Gasteiger charge is -2.12. The van der Waals surface area contributed by atoms with Crippen LogP contribution in [-0.4, -0.2) is 51.7 Å². The average molecular weight is 389 g/mol. The van der Waals surface area contributed by atoms with E-state index in [0.717, 1.165) is 9.87 Å². The van der Waals surface area contributed by atoms with Crippen LogP contribution in [0.5, 0.6) is 0 Å². The van der Waals surface area contributed by atoms with Crippen LogP contribution in [0.4, 0.5) is 0 Å². The Labute approximate surface area is 159 Å². The summed E-state index contributed by atoms with van der Waals surface area (Å²) >= 11 is 0. The van der Waals surface area contributed by atoms with Gasteiger partial charge in [0.05, 0.1) is 11.4 Å². The van der Waals surface area contributed by atoms with Gasteiger partial charge in [0.1, 0.15) is 0 Å². The third-order valence-corrected chi connectivity index (χ3v) is 5.67. The number of nitrogens with one attached hydrogen (secondary N) is 2. The molecule has 2 aromatic rings. The van der Waals surface area contributed by atoms with Crippen molar-refractivity contribution in [2.24, 2.45) is 0 Å². The second-order valence-corrected chi connectivity index (χ2v) is 8.24. The van der Waals surface area contributed by atoms with Gasteiger partial charge in [-0.15, -0.1) is 0 Å². The standard InChI is InChI=1S/C19H23N3O4S/c1-22(2)27(25,26)17-10-6-9-16(13-17)19(24)21-14-18(23)20-12-11-15-7-4-3-5-8-15/h3-10,13H,11-12,14H2,1-2H3,(H,20,23)(H,21,24). The van der Waals surface area contributed by atoms with E-state index in [1.807, 2.05) is 30.3 Å². The molecule has 0 bridgehead atoms. The van der Waals surface area contributed by atoms with Gasteiger partial charge in [0.25, 0.3) is 5.91 Å². The molecular weight excluding hydrogens is 366 g/mol. The highest BCUT2D eigenvalue weighted by Crippen LogP contribution is 2.14. The van der Waals surface area contributed by atoms with Crippen molar-refractivity contribution < 1.29 is 18.0 Å². The van der Waals surface area contributed by atoms with Crippen LogP contribution in [0.2, 0.25) is 0 Å². The molecule has 2 aromatic carbocycles. The van der Waals surface area contributed by atoms with Gasteiger partial charge >= 0.3 is 0 Å². The topological polar surface area (TPSA) is 95.6 Å². The number of sulfonamides is 1. The summed E-state index contributed by atoms with van der Waals surface area (Å²) in [6.07, 6.45) is 0.699. The molecular formula is C19H23N3O4S. The number of carbonyl (C=O) groups is 2. The molecule has 7 nitrogen and oxygen atoms in total. The van der Waals surface area contributed by atoms with Gasteiger partial charge in [0, 0.05) is 26.2 Å². The summed E-state index contributed by atoms with van der Waals surface area (Å²) in [5.41, 5.74) is 1.29. The van der Waals surface area contributed by atoms with Gasteiger partial charge < -0.3 is 10.6 Å². The fourth-order valence-electron chi connectivity index (χ4n) is 2.32. The highest BCUT2D eigenvalue weighted by Gasteiger charge is 2.18. The van der Waals surface area contributed by atoms with Gasteiger partial charge in [0.2, 0.25) is 15.9 Å². The van der Waals surface area contributed by atoms with Crippen molar-refractivity contribution in [1.82, 2.24) is 14.9 Å². The molecule has 0 aliphatic heterocycles. The van der Waals surface area contributed by atoms with E-state index in [1.54, 1.807) is 0 Å². The van der Waals surface area contributed by atoms with Crippen LogP contribution in [-0.2, 0) is 21.2 Å². The van der Waals surface area contributed by atoms with Gasteiger partial charge in [-0.05, 0) is 30.2 Å². The van der Waals surface area contributed by atoms with Gasteiger partial charge in [-0.3, -0.25) is 9.59 Å². The highest BCUT2D eigenvalue weighted by molar-refractivity contribution is 7.89. The second-order valence-electron chi connectivity index (χ2n) is 6.08. The Morgan fingerprint density at radius 1 is 0.963 bits per heavy atom. The smallest absolute Gasteiger partial charge is 0.251 e. The predicted molar refractivity (Wildman–Crippen MR) is 103 cm³/mol. The molecule has 0 fully saturated rings. The Hall–Kier alpha value is -2.71. The van der Waals surface area contributed by atoms with Crippen molar-refractivity contribution in [2.75, 3.05) is 27.2 Å². The molecule has 0 atom stereocenters. The van der Waals surface area contributed by atoms with Gasteiger partial charge in [-0.2, -0.15) is 0 Å². The molecule has 0 radical (unpaired) electrons. The van der Waals surface area contributed by atoms with E-state index in [9.17, 15) is 18.0 Å². The Bertz CT molecular complexity index is 896. The predicted octanol–water partition coefficient (Wildman–Crippen LogP) is 1.03. The molecule has 0 spiro atoms. The summed E-state index contributed by atoms with van der Waals surface area (Å²) < 4.78 is 25.3. The number of rotatable bonds is 8. The van der Waals surface area contributed by atoms with E-state index in [0.29, 0.717) is 13.0 Å². The lowest BCUT2D eigenvalue weighted by atomic mass is 10.1. The first-order valence-corrected chi connectivity index (χ1v) is 9.86. The molecule has 0 heterocycles. The average Bonchev–Trinajstić information content (AvgIpc) is 2.67. The van der Waals surface area contributed by atoms with E-state index in [2.05, 4.69) is 10.6 Å². The second kappa shape index (κ2) is 9.29. The maximum absolute atomic E-state index is 12.2. The SMILES string of the molecule is CN(C)S(=O)(=O)c1cccc(C(=O)NCC(=O)NCCc2ccccc2)c1. The van der Waals surface area contributed by atoms with Crippen molar-refractivity contribution in [3.63, 3.8) is 0 Å². The zero-order valence-corrected chi connectivity index (χ0v) is 16.1. The molecule has 0 aliphatic rings. The molecule has 0 saturated heterocycles. The fourth-order valence-corrected chi connectivity index (χ4v) is 3.27. The first kappa shape index (κ1) is 20.6. The summed E-state index contributed by atoms with van der Waals surface area (Å²) in [6.45, 7) is 0.285. The minimum atomic E-state index is -3.63. The lowest BCUT2D eigenvalue weighted by Crippen LogP contribution is -2.37. The van der Waals surface area contributed by atoms with Crippen molar-refractivity contribution in [1.29, 1.82) is 0 Å². The number of carbonyl (C=O) groups excluding carboxylic acids is 2. The zero-order chi connectivity index (χ0) is 19.9. The van der Waals surface area contributed by atoms with E-state index >= 15 is 0 Å². The first-order valence-electron chi connectivity index (χ1n) is 8.42. The first-order chi connectivity index (χ1) is 12.8. The molecule has 0 unspecified atom stereocenters. The maximum Gasteiger partial charge on any atom is 0.251 e. The molecule has 2 amide bonds. The van der Waals surface area contributed by atoms with Crippen LogP contribution < -0.4 is 10.6 Å². The number of hydrogen-bond donors (Lipinski definition) is 2. The number of hydrogen-bond acceptors (Lipinski definition) is 4. The van der Waals surface area contributed by atoms with Crippen molar-refractivity contribution in [3.05, 3.63) is 65.7 Å². The Balaban J connectivity index is 1.85. The fraction of sp³-hybridized carbons (Fsp3) is 0.263. The lowest BCUT2D eigenvalue weighted by molar-refractivity contribution is -0.120. The quantitative estimate of drug-likeness (QED) is 0.705. The van der Waals surface area contributed by atoms with Gasteiger partial charge in [0.15, 0.2) is 0 Å². The molecule has 0 saturated carbocycles. The van der Waals surface area contributed by atoms with E-state index in [1.165, 1.54) is 38.4 Å². The number of nitrogens with zero attached hydrogens (tertiary/aromatic N) is 1. The monoisotopic (exact) mass is 389 g/mol. The highest BCUT2D eigenvalue weighted by atomic mass is 32.2. The number of benzene rings is 2. The third kappa shape index (κ3) is 5.90. The van der Waals surface area contributed by atoms with E-state index < -0.39 is 15.9 Å². The minimum absolute atomic E-state index is 0.0208. The van der Waals surface area contributed by atoms with Crippen LogP contribution in [0.1, 0.15) is 15.9 Å². The summed E-state index contributed by atoms with van der Waals surface area (Å²) in [6, 6.07) is 15.4. The third-order valence-electron chi connectivity index (χ3n) is 3.86. The maximum atomic E-state index is 12.2. The van der Waals surface area contributed by atoms with Crippen LogP contribution >= 0.6 is 0 Å². The molecule has 0 aliphatic carbocycles. The van der Waals surface area contributed by atoms with Crippen molar-refractivity contribution >= 4 is 21.8 Å². The van der Waals surface area contributed by atoms with Gasteiger partial charge in [-0.25, -0.2) is 12.7 Å². The van der Waals surface area contributed by atoms with Gasteiger partial charge in [-0.1, -0.05) is 36.4 Å². The van der Waals surface area contributed by atoms with Crippen LogP contribution in [0.25, 0.3) is 0 Å². The largest absolute Gasteiger partial charge is 0.354 e. The zero-order valence-electron chi connectivity index (χ0n) is 15.3. The molecule has 144 valence electrons. The van der Waals surface area contributed by atoms with Crippen molar-refractivity contribution in [3.8, 4) is 0 Å². The minimum Gasteiger partial charge on any atom is -0.354 e. The summed E-state index contributed by atoms with van der Waals surface area (Å²) in [7, 11) is -0.791. The van der Waals surface area contributed by atoms with E-state index in [-0.39, 0.29) is 22.9 Å². The van der Waals surface area contributed by atoms with Crippen molar-refractivity contribution in [2.45, 2.75) is 11.3 Å². The summed E-state index contributed by atoms with van der Waals surface area (Å²) in [5.74, 6) is -0.819. The van der Waals surface area contributed by atoms with Crippen LogP contribution in [0, 0.1) is 0 Å². The molecule has 2 N–H and O–H groups in total. The number of amides is 2. The summed E-state index contributed by atoms with van der Waals surface area (Å²) in [5, 5.41) is 5.23. The molecule has 2 rings (SSSR count). The Morgan fingerprint density at radius 3 is 2.33 bits per heavy atom.